The minimum Gasteiger partial charge on any atom is -0.346 e. The number of rotatable bonds is 1. The summed E-state index contributed by atoms with van der Waals surface area (Å²) in [5, 5.41) is 8.74. The molecule has 2 rings (SSSR count). The van der Waals surface area contributed by atoms with E-state index in [9.17, 15) is 4.39 Å². The van der Waals surface area contributed by atoms with Crippen LogP contribution in [0.2, 0.25) is 0 Å². The lowest BCUT2D eigenvalue weighted by molar-refractivity contribution is 0.277. The summed E-state index contributed by atoms with van der Waals surface area (Å²) in [4.78, 5) is 2.08. The SMILES string of the molecule is FC1CCN(c2nnc(Br)s2)CC1. The van der Waals surface area contributed by atoms with E-state index >= 15 is 0 Å². The number of nitrogens with zero attached hydrogens (tertiary/aromatic N) is 3. The van der Waals surface area contributed by atoms with Crippen LogP contribution in [0.15, 0.2) is 3.92 Å². The third-order valence-electron chi connectivity index (χ3n) is 2.08. The topological polar surface area (TPSA) is 29.0 Å². The van der Waals surface area contributed by atoms with Gasteiger partial charge in [0.15, 0.2) is 3.92 Å². The van der Waals surface area contributed by atoms with Gasteiger partial charge >= 0.3 is 0 Å². The molecule has 2 heterocycles. The number of hydrogen-bond acceptors (Lipinski definition) is 4. The first kappa shape index (κ1) is 9.33. The first-order valence-corrected chi connectivity index (χ1v) is 5.74. The van der Waals surface area contributed by atoms with Crippen molar-refractivity contribution in [1.29, 1.82) is 0 Å². The molecular weight excluding hydrogens is 257 g/mol. The molecule has 1 fully saturated rings. The second kappa shape index (κ2) is 3.88. The van der Waals surface area contributed by atoms with Crippen LogP contribution in [-0.4, -0.2) is 29.5 Å². The Labute approximate surface area is 88.1 Å². The number of hydrogen-bond donors (Lipinski definition) is 0. The quantitative estimate of drug-likeness (QED) is 0.780. The molecule has 13 heavy (non-hydrogen) atoms. The van der Waals surface area contributed by atoms with Crippen LogP contribution in [0, 0.1) is 0 Å². The van der Waals surface area contributed by atoms with Gasteiger partial charge in [0.25, 0.3) is 0 Å². The molecule has 0 spiro atoms. The van der Waals surface area contributed by atoms with E-state index in [1.807, 2.05) is 0 Å². The highest BCUT2D eigenvalue weighted by molar-refractivity contribution is 9.11. The first-order chi connectivity index (χ1) is 6.25. The molecule has 1 saturated heterocycles. The predicted molar refractivity (Wildman–Crippen MR) is 54.0 cm³/mol. The summed E-state index contributed by atoms with van der Waals surface area (Å²) in [6, 6.07) is 0. The molecule has 1 aliphatic heterocycles. The average molecular weight is 266 g/mol. The fourth-order valence-corrected chi connectivity index (χ4v) is 2.50. The normalized spacial score (nSPS) is 19.4. The zero-order chi connectivity index (χ0) is 9.26. The molecule has 0 atom stereocenters. The largest absolute Gasteiger partial charge is 0.346 e. The van der Waals surface area contributed by atoms with Crippen LogP contribution in [0.5, 0.6) is 0 Å². The lowest BCUT2D eigenvalue weighted by Crippen LogP contribution is -2.34. The van der Waals surface area contributed by atoms with E-state index in [2.05, 4.69) is 31.0 Å². The van der Waals surface area contributed by atoms with E-state index in [4.69, 9.17) is 0 Å². The van der Waals surface area contributed by atoms with Gasteiger partial charge in [-0.2, -0.15) is 0 Å². The number of anilines is 1. The summed E-state index contributed by atoms with van der Waals surface area (Å²) in [7, 11) is 0. The molecule has 1 aromatic rings. The summed E-state index contributed by atoms with van der Waals surface area (Å²) < 4.78 is 13.6. The summed E-state index contributed by atoms with van der Waals surface area (Å²) >= 11 is 4.75. The minimum absolute atomic E-state index is 0.608. The van der Waals surface area contributed by atoms with Crippen molar-refractivity contribution in [3.8, 4) is 0 Å². The third-order valence-corrected chi connectivity index (χ3v) is 3.50. The van der Waals surface area contributed by atoms with Crippen molar-refractivity contribution < 1.29 is 4.39 Å². The number of piperidine rings is 1. The molecule has 0 aliphatic carbocycles. The highest BCUT2D eigenvalue weighted by Crippen LogP contribution is 2.26. The Bertz CT molecular complexity index is 285. The van der Waals surface area contributed by atoms with Crippen LogP contribution in [0.3, 0.4) is 0 Å². The predicted octanol–water partition coefficient (Wildman–Crippen LogP) is 2.24. The maximum atomic E-state index is 12.8. The zero-order valence-electron chi connectivity index (χ0n) is 6.91. The second-order valence-electron chi connectivity index (χ2n) is 3.00. The first-order valence-electron chi connectivity index (χ1n) is 4.14. The summed E-state index contributed by atoms with van der Waals surface area (Å²) in [5.74, 6) is 0. The van der Waals surface area contributed by atoms with Crippen molar-refractivity contribution in [3.63, 3.8) is 0 Å². The minimum atomic E-state index is -0.632. The molecule has 0 bridgehead atoms. The molecule has 0 amide bonds. The standard InChI is InChI=1S/C7H9BrFN3S/c8-6-10-11-7(13-6)12-3-1-5(9)2-4-12/h5H,1-4H2. The van der Waals surface area contributed by atoms with Gasteiger partial charge in [-0.15, -0.1) is 10.2 Å². The van der Waals surface area contributed by atoms with E-state index in [-0.39, 0.29) is 0 Å². The van der Waals surface area contributed by atoms with Crippen LogP contribution < -0.4 is 4.90 Å². The van der Waals surface area contributed by atoms with Gasteiger partial charge < -0.3 is 4.90 Å². The maximum absolute atomic E-state index is 12.8. The van der Waals surface area contributed by atoms with Gasteiger partial charge in [-0.05, 0) is 28.8 Å². The molecule has 3 nitrogen and oxygen atoms in total. The monoisotopic (exact) mass is 265 g/mol. The lowest BCUT2D eigenvalue weighted by Gasteiger charge is -2.27. The van der Waals surface area contributed by atoms with E-state index < -0.39 is 6.17 Å². The van der Waals surface area contributed by atoms with Gasteiger partial charge in [-0.1, -0.05) is 11.3 Å². The fourth-order valence-electron chi connectivity index (χ4n) is 1.37. The van der Waals surface area contributed by atoms with E-state index in [0.29, 0.717) is 12.8 Å². The highest BCUT2D eigenvalue weighted by atomic mass is 79.9. The maximum Gasteiger partial charge on any atom is 0.209 e. The van der Waals surface area contributed by atoms with Crippen LogP contribution in [-0.2, 0) is 0 Å². The van der Waals surface area contributed by atoms with Crippen LogP contribution in [0.1, 0.15) is 12.8 Å². The molecule has 0 radical (unpaired) electrons. The van der Waals surface area contributed by atoms with Gasteiger partial charge in [-0.25, -0.2) is 4.39 Å². The average Bonchev–Trinajstić information content (AvgIpc) is 2.53. The van der Waals surface area contributed by atoms with Crippen molar-refractivity contribution >= 4 is 32.4 Å². The van der Waals surface area contributed by atoms with E-state index in [1.165, 1.54) is 11.3 Å². The van der Waals surface area contributed by atoms with Crippen molar-refractivity contribution in [1.82, 2.24) is 10.2 Å². The Morgan fingerprint density at radius 2 is 2.08 bits per heavy atom. The highest BCUT2D eigenvalue weighted by Gasteiger charge is 2.20. The van der Waals surface area contributed by atoms with Crippen molar-refractivity contribution in [2.75, 3.05) is 18.0 Å². The summed E-state index contributed by atoms with van der Waals surface area (Å²) in [6.45, 7) is 1.51. The van der Waals surface area contributed by atoms with Gasteiger partial charge in [0.05, 0.1) is 0 Å². The van der Waals surface area contributed by atoms with Crippen molar-refractivity contribution in [2.24, 2.45) is 0 Å². The van der Waals surface area contributed by atoms with Gasteiger partial charge in [-0.3, -0.25) is 0 Å². The molecule has 72 valence electrons. The van der Waals surface area contributed by atoms with Crippen LogP contribution >= 0.6 is 27.3 Å². The zero-order valence-corrected chi connectivity index (χ0v) is 9.31. The van der Waals surface area contributed by atoms with Crippen molar-refractivity contribution in [2.45, 2.75) is 19.0 Å². The van der Waals surface area contributed by atoms with Crippen LogP contribution in [0.4, 0.5) is 9.52 Å². The third kappa shape index (κ3) is 2.17. The van der Waals surface area contributed by atoms with E-state index in [1.54, 1.807) is 0 Å². The molecule has 1 aromatic heterocycles. The van der Waals surface area contributed by atoms with Gasteiger partial charge in [0.1, 0.15) is 6.17 Å². The molecule has 6 heteroatoms. The van der Waals surface area contributed by atoms with Crippen LogP contribution in [0.25, 0.3) is 0 Å². The summed E-state index contributed by atoms with van der Waals surface area (Å²) in [5.41, 5.74) is 0. The molecular formula is C7H9BrFN3S. The number of halogens is 2. The van der Waals surface area contributed by atoms with E-state index in [0.717, 1.165) is 22.1 Å². The van der Waals surface area contributed by atoms with Gasteiger partial charge in [0.2, 0.25) is 5.13 Å². The lowest BCUT2D eigenvalue weighted by atomic mass is 10.1. The Morgan fingerprint density at radius 3 is 2.62 bits per heavy atom. The summed E-state index contributed by atoms with van der Waals surface area (Å²) in [6.07, 6.45) is 0.585. The molecule has 0 aromatic carbocycles. The molecule has 0 saturated carbocycles. The number of alkyl halides is 1. The Kier molecular flexibility index (Phi) is 2.78. The molecule has 0 N–H and O–H groups in total. The number of aromatic nitrogens is 2. The smallest absolute Gasteiger partial charge is 0.209 e. The Morgan fingerprint density at radius 1 is 1.38 bits per heavy atom. The van der Waals surface area contributed by atoms with Crippen molar-refractivity contribution in [3.05, 3.63) is 3.92 Å². The molecule has 1 aliphatic rings. The molecule has 0 unspecified atom stereocenters. The van der Waals surface area contributed by atoms with Gasteiger partial charge in [0, 0.05) is 13.1 Å². The Hall–Kier alpha value is -0.230. The Balaban J connectivity index is 2.02. The fraction of sp³-hybridized carbons (Fsp3) is 0.714. The second-order valence-corrected chi connectivity index (χ2v) is 5.23.